The molecule has 1 heterocycles. The fourth-order valence-corrected chi connectivity index (χ4v) is 2.70. The average Bonchev–Trinajstić information content (AvgIpc) is 2.27. The van der Waals surface area contributed by atoms with Gasteiger partial charge in [-0.15, -0.1) is 0 Å². The summed E-state index contributed by atoms with van der Waals surface area (Å²) in [6.45, 7) is 0. The Morgan fingerprint density at radius 3 is 2.67 bits per heavy atom. The molecule has 0 amide bonds. The van der Waals surface area contributed by atoms with Crippen LogP contribution in [0.2, 0.25) is 0 Å². The molecule has 0 atom stereocenters. The van der Waals surface area contributed by atoms with Gasteiger partial charge in [-0.2, -0.15) is 0 Å². The van der Waals surface area contributed by atoms with Crippen molar-refractivity contribution >= 4 is 25.1 Å². The zero-order valence-electron chi connectivity index (χ0n) is 8.36. The SMILES string of the molecule is Bc1cccc2c1Sc1ccccc1O2. The van der Waals surface area contributed by atoms with Gasteiger partial charge in [0.2, 0.25) is 0 Å². The predicted molar refractivity (Wildman–Crippen MR) is 65.3 cm³/mol. The zero-order chi connectivity index (χ0) is 10.3. The molecule has 0 aromatic heterocycles. The average molecular weight is 212 g/mol. The van der Waals surface area contributed by atoms with Crippen molar-refractivity contribution in [3.63, 3.8) is 0 Å². The standard InChI is InChI=1S/C12H9BOS/c13-8-4-3-6-10-12(8)15-11-7-2-1-5-9(11)14-10/h1-7H,13H2. The highest BCUT2D eigenvalue weighted by atomic mass is 32.2. The molecular formula is C12H9BOS. The Bertz CT molecular complexity index is 525. The van der Waals surface area contributed by atoms with Crippen LogP contribution in [0.3, 0.4) is 0 Å². The van der Waals surface area contributed by atoms with Crippen LogP contribution < -0.4 is 10.2 Å². The van der Waals surface area contributed by atoms with E-state index in [2.05, 4.69) is 20.0 Å². The lowest BCUT2D eigenvalue weighted by Crippen LogP contribution is -2.09. The predicted octanol–water partition coefficient (Wildman–Crippen LogP) is 2.20. The van der Waals surface area contributed by atoms with Crippen molar-refractivity contribution in [2.45, 2.75) is 9.79 Å². The van der Waals surface area contributed by atoms with E-state index in [1.165, 1.54) is 15.3 Å². The van der Waals surface area contributed by atoms with E-state index in [9.17, 15) is 0 Å². The topological polar surface area (TPSA) is 9.23 Å². The minimum atomic E-state index is 0.959. The maximum Gasteiger partial charge on any atom is 0.141 e. The van der Waals surface area contributed by atoms with Crippen molar-refractivity contribution < 1.29 is 4.74 Å². The third-order valence-electron chi connectivity index (χ3n) is 2.46. The number of hydrogen-bond acceptors (Lipinski definition) is 2. The van der Waals surface area contributed by atoms with Crippen LogP contribution in [0, 0.1) is 0 Å². The first-order valence-electron chi connectivity index (χ1n) is 4.89. The molecule has 1 aliphatic rings. The molecule has 0 saturated carbocycles. The van der Waals surface area contributed by atoms with Gasteiger partial charge in [-0.1, -0.05) is 41.5 Å². The summed E-state index contributed by atoms with van der Waals surface area (Å²) < 4.78 is 5.84. The van der Waals surface area contributed by atoms with Crippen molar-refractivity contribution in [2.24, 2.45) is 0 Å². The highest BCUT2D eigenvalue weighted by molar-refractivity contribution is 7.99. The van der Waals surface area contributed by atoms with Crippen molar-refractivity contribution in [3.05, 3.63) is 42.5 Å². The van der Waals surface area contributed by atoms with Crippen LogP contribution in [0.15, 0.2) is 52.3 Å². The van der Waals surface area contributed by atoms with E-state index in [1.54, 1.807) is 11.8 Å². The molecule has 3 rings (SSSR count). The minimum Gasteiger partial charge on any atom is -0.455 e. The summed E-state index contributed by atoms with van der Waals surface area (Å²) in [7, 11) is 2.11. The molecule has 1 aliphatic heterocycles. The zero-order valence-corrected chi connectivity index (χ0v) is 9.17. The van der Waals surface area contributed by atoms with Gasteiger partial charge in [0.25, 0.3) is 0 Å². The molecule has 2 aromatic rings. The van der Waals surface area contributed by atoms with Gasteiger partial charge in [-0.05, 0) is 18.2 Å². The van der Waals surface area contributed by atoms with Gasteiger partial charge in [-0.25, -0.2) is 0 Å². The second-order valence-corrected chi connectivity index (χ2v) is 4.61. The van der Waals surface area contributed by atoms with Crippen LogP contribution in [0.25, 0.3) is 0 Å². The number of ether oxygens (including phenoxy) is 1. The molecule has 0 fully saturated rings. The molecule has 0 saturated heterocycles. The van der Waals surface area contributed by atoms with Crippen molar-refractivity contribution in [3.8, 4) is 11.5 Å². The summed E-state index contributed by atoms with van der Waals surface area (Å²) in [5.41, 5.74) is 1.27. The first-order chi connectivity index (χ1) is 7.34. The van der Waals surface area contributed by atoms with Gasteiger partial charge < -0.3 is 4.74 Å². The summed E-state index contributed by atoms with van der Waals surface area (Å²) in [5, 5.41) is 0. The Morgan fingerprint density at radius 2 is 1.73 bits per heavy atom. The van der Waals surface area contributed by atoms with E-state index in [0.717, 1.165) is 11.5 Å². The van der Waals surface area contributed by atoms with Crippen LogP contribution in [0.5, 0.6) is 11.5 Å². The highest BCUT2D eigenvalue weighted by Crippen LogP contribution is 2.45. The molecule has 72 valence electrons. The second kappa shape index (κ2) is 3.35. The highest BCUT2D eigenvalue weighted by Gasteiger charge is 2.17. The first kappa shape index (κ1) is 8.92. The Labute approximate surface area is 93.9 Å². The van der Waals surface area contributed by atoms with Crippen molar-refractivity contribution in [1.82, 2.24) is 0 Å². The van der Waals surface area contributed by atoms with Crippen molar-refractivity contribution in [1.29, 1.82) is 0 Å². The van der Waals surface area contributed by atoms with E-state index in [0.29, 0.717) is 0 Å². The van der Waals surface area contributed by atoms with E-state index in [4.69, 9.17) is 4.74 Å². The number of rotatable bonds is 0. The molecule has 0 unspecified atom stereocenters. The number of para-hydroxylation sites is 1. The molecule has 0 aliphatic carbocycles. The van der Waals surface area contributed by atoms with Gasteiger partial charge >= 0.3 is 0 Å². The number of fused-ring (bicyclic) bond motifs is 2. The lowest BCUT2D eigenvalue weighted by molar-refractivity contribution is 0.455. The second-order valence-electron chi connectivity index (χ2n) is 3.55. The van der Waals surface area contributed by atoms with Crippen LogP contribution in [0.1, 0.15) is 0 Å². The molecule has 2 aromatic carbocycles. The largest absolute Gasteiger partial charge is 0.455 e. The smallest absolute Gasteiger partial charge is 0.141 e. The maximum atomic E-state index is 5.84. The summed E-state index contributed by atoms with van der Waals surface area (Å²) in [4.78, 5) is 2.43. The van der Waals surface area contributed by atoms with E-state index in [1.807, 2.05) is 30.3 Å². The van der Waals surface area contributed by atoms with Crippen LogP contribution in [0.4, 0.5) is 0 Å². The van der Waals surface area contributed by atoms with Crippen molar-refractivity contribution in [2.75, 3.05) is 0 Å². The monoisotopic (exact) mass is 212 g/mol. The molecule has 0 spiro atoms. The fraction of sp³-hybridized carbons (Fsp3) is 0. The van der Waals surface area contributed by atoms with E-state index in [-0.39, 0.29) is 0 Å². The molecule has 0 radical (unpaired) electrons. The Balaban J connectivity index is 2.15. The Morgan fingerprint density at radius 1 is 0.933 bits per heavy atom. The van der Waals surface area contributed by atoms with E-state index >= 15 is 0 Å². The third-order valence-corrected chi connectivity index (χ3v) is 3.74. The molecule has 15 heavy (non-hydrogen) atoms. The minimum absolute atomic E-state index is 0.959. The Kier molecular flexibility index (Phi) is 1.99. The maximum absolute atomic E-state index is 5.84. The van der Waals surface area contributed by atoms with Crippen LogP contribution in [-0.4, -0.2) is 7.85 Å². The van der Waals surface area contributed by atoms with Gasteiger partial charge in [0.05, 0.1) is 4.90 Å². The van der Waals surface area contributed by atoms with Gasteiger partial charge in [-0.3, -0.25) is 0 Å². The van der Waals surface area contributed by atoms with Gasteiger partial charge in [0.15, 0.2) is 0 Å². The lowest BCUT2D eigenvalue weighted by Gasteiger charge is -2.20. The summed E-state index contributed by atoms with van der Waals surface area (Å²) >= 11 is 1.78. The van der Waals surface area contributed by atoms with E-state index < -0.39 is 0 Å². The normalized spacial score (nSPS) is 12.5. The summed E-state index contributed by atoms with van der Waals surface area (Å²) in [5.74, 6) is 1.93. The quantitative estimate of drug-likeness (QED) is 0.528. The lowest BCUT2D eigenvalue weighted by atomic mass is 9.96. The molecule has 0 N–H and O–H groups in total. The molecular weight excluding hydrogens is 203 g/mol. The third kappa shape index (κ3) is 1.43. The van der Waals surface area contributed by atoms with Crippen LogP contribution in [-0.2, 0) is 0 Å². The molecule has 1 nitrogen and oxygen atoms in total. The fourth-order valence-electron chi connectivity index (χ4n) is 1.68. The molecule has 3 heteroatoms. The van der Waals surface area contributed by atoms with Gasteiger partial charge in [0, 0.05) is 4.90 Å². The molecule has 0 bridgehead atoms. The Hall–Kier alpha value is -1.35. The first-order valence-corrected chi connectivity index (χ1v) is 5.70. The number of hydrogen-bond donors (Lipinski definition) is 0. The number of benzene rings is 2. The summed E-state index contributed by atoms with van der Waals surface area (Å²) in [6, 6.07) is 14.3. The summed E-state index contributed by atoms with van der Waals surface area (Å²) in [6.07, 6.45) is 0. The van der Waals surface area contributed by atoms with Crippen LogP contribution >= 0.6 is 11.8 Å². The van der Waals surface area contributed by atoms with Gasteiger partial charge in [0.1, 0.15) is 19.3 Å².